The van der Waals surface area contributed by atoms with E-state index < -0.39 is 6.36 Å². The lowest BCUT2D eigenvalue weighted by Crippen LogP contribution is -2.17. The van der Waals surface area contributed by atoms with Crippen molar-refractivity contribution in [2.75, 3.05) is 5.73 Å². The normalized spacial score (nSPS) is 11.6. The van der Waals surface area contributed by atoms with E-state index in [0.717, 1.165) is 10.8 Å². The number of nitrogens with two attached hydrogens (primary N) is 1. The Balaban J connectivity index is 2.23. The van der Waals surface area contributed by atoms with Gasteiger partial charge in [-0.15, -0.1) is 13.2 Å². The molecule has 0 radical (unpaired) electrons. The third kappa shape index (κ3) is 2.70. The minimum absolute atomic E-state index is 0.232. The molecule has 0 spiro atoms. The van der Waals surface area contributed by atoms with E-state index in [1.165, 1.54) is 12.1 Å². The predicted octanol–water partition coefficient (Wildman–Crippen LogP) is 4.99. The van der Waals surface area contributed by atoms with Crippen LogP contribution in [0.25, 0.3) is 21.9 Å². The number of rotatable bonds is 2. The van der Waals surface area contributed by atoms with E-state index >= 15 is 0 Å². The summed E-state index contributed by atoms with van der Waals surface area (Å²) in [7, 11) is 0. The van der Waals surface area contributed by atoms with Gasteiger partial charge in [-0.05, 0) is 23.1 Å². The first-order valence-corrected chi connectivity index (χ1v) is 6.58. The highest BCUT2D eigenvalue weighted by Crippen LogP contribution is 2.38. The van der Waals surface area contributed by atoms with Gasteiger partial charge in [-0.1, -0.05) is 48.5 Å². The molecule has 0 bridgehead atoms. The fourth-order valence-electron chi connectivity index (χ4n) is 2.47. The van der Waals surface area contributed by atoms with E-state index in [1.54, 1.807) is 36.4 Å². The topological polar surface area (TPSA) is 35.2 Å². The Morgan fingerprint density at radius 2 is 1.36 bits per heavy atom. The van der Waals surface area contributed by atoms with Gasteiger partial charge in [0.2, 0.25) is 0 Å². The number of ether oxygens (including phenoxy) is 1. The Kier molecular flexibility index (Phi) is 3.41. The molecule has 0 saturated carbocycles. The summed E-state index contributed by atoms with van der Waals surface area (Å²) in [6, 6.07) is 16.8. The number of alkyl halides is 3. The second kappa shape index (κ2) is 5.26. The van der Waals surface area contributed by atoms with E-state index in [0.29, 0.717) is 16.8 Å². The minimum atomic E-state index is -4.74. The lowest BCUT2D eigenvalue weighted by atomic mass is 9.97. The fraction of sp³-hybridized carbons (Fsp3) is 0.0588. The Hall–Kier alpha value is -2.69. The van der Waals surface area contributed by atoms with Crippen LogP contribution >= 0.6 is 0 Å². The van der Waals surface area contributed by atoms with E-state index in [-0.39, 0.29) is 5.75 Å². The molecule has 3 aromatic carbocycles. The Labute approximate surface area is 124 Å². The van der Waals surface area contributed by atoms with E-state index in [9.17, 15) is 13.2 Å². The summed E-state index contributed by atoms with van der Waals surface area (Å²) in [6.45, 7) is 0. The number of halogens is 3. The van der Waals surface area contributed by atoms with E-state index in [2.05, 4.69) is 4.74 Å². The van der Waals surface area contributed by atoms with Gasteiger partial charge in [0.25, 0.3) is 0 Å². The van der Waals surface area contributed by atoms with Gasteiger partial charge in [-0.25, -0.2) is 0 Å². The second-order valence-corrected chi connectivity index (χ2v) is 4.79. The number of nitrogen functional groups attached to an aromatic ring is 1. The average Bonchev–Trinajstić information content (AvgIpc) is 2.46. The molecule has 0 heterocycles. The number of hydrogen-bond donors (Lipinski definition) is 1. The van der Waals surface area contributed by atoms with Crippen LogP contribution in [0.1, 0.15) is 0 Å². The van der Waals surface area contributed by atoms with Crippen LogP contribution in [0.5, 0.6) is 5.75 Å². The maximum Gasteiger partial charge on any atom is 0.573 e. The lowest BCUT2D eigenvalue weighted by molar-refractivity contribution is -0.274. The summed E-state index contributed by atoms with van der Waals surface area (Å²) in [4.78, 5) is 0. The van der Waals surface area contributed by atoms with Gasteiger partial charge < -0.3 is 10.5 Å². The van der Waals surface area contributed by atoms with Crippen molar-refractivity contribution in [2.24, 2.45) is 0 Å². The molecule has 3 aromatic rings. The number of anilines is 1. The van der Waals surface area contributed by atoms with Crippen LogP contribution < -0.4 is 10.5 Å². The molecule has 22 heavy (non-hydrogen) atoms. The highest BCUT2D eigenvalue weighted by molar-refractivity contribution is 6.03. The predicted molar refractivity (Wildman–Crippen MR) is 80.5 cm³/mol. The van der Waals surface area contributed by atoms with Crippen LogP contribution in [0.4, 0.5) is 18.9 Å². The second-order valence-electron chi connectivity index (χ2n) is 4.79. The van der Waals surface area contributed by atoms with Crippen LogP contribution in [-0.2, 0) is 0 Å². The first-order valence-electron chi connectivity index (χ1n) is 6.58. The molecule has 2 nitrogen and oxygen atoms in total. The molecule has 3 rings (SSSR count). The summed E-state index contributed by atoms with van der Waals surface area (Å²) in [6.07, 6.45) is -4.74. The van der Waals surface area contributed by atoms with Crippen molar-refractivity contribution in [3.05, 3.63) is 60.7 Å². The molecule has 0 amide bonds. The van der Waals surface area contributed by atoms with Crippen LogP contribution in [0.3, 0.4) is 0 Å². The van der Waals surface area contributed by atoms with Gasteiger partial charge in [0.1, 0.15) is 5.75 Å². The van der Waals surface area contributed by atoms with E-state index in [4.69, 9.17) is 5.73 Å². The van der Waals surface area contributed by atoms with Crippen LogP contribution in [0.15, 0.2) is 60.7 Å². The zero-order valence-corrected chi connectivity index (χ0v) is 11.4. The van der Waals surface area contributed by atoms with Gasteiger partial charge in [0.15, 0.2) is 0 Å². The van der Waals surface area contributed by atoms with Gasteiger partial charge in [-0.3, -0.25) is 0 Å². The molecule has 112 valence electrons. The van der Waals surface area contributed by atoms with Gasteiger partial charge in [0, 0.05) is 16.6 Å². The number of benzene rings is 3. The lowest BCUT2D eigenvalue weighted by Gasteiger charge is -2.15. The molecular weight excluding hydrogens is 291 g/mol. The standard InChI is InChI=1S/C17H12F3NO/c18-17(19,20)22-16-10-2-1-5-14(16)12-6-3-8-13-11(12)7-4-9-15(13)21/h1-10H,21H2. The Morgan fingerprint density at radius 1 is 0.727 bits per heavy atom. The molecule has 0 aromatic heterocycles. The molecule has 0 unspecified atom stereocenters. The molecular formula is C17H12F3NO. The third-order valence-corrected chi connectivity index (χ3v) is 3.36. The third-order valence-electron chi connectivity index (χ3n) is 3.36. The molecule has 5 heteroatoms. The Bertz CT molecular complexity index is 827. The quantitative estimate of drug-likeness (QED) is 0.677. The van der Waals surface area contributed by atoms with Crippen LogP contribution in [0, 0.1) is 0 Å². The molecule has 0 fully saturated rings. The summed E-state index contributed by atoms with van der Waals surface area (Å²) in [5.41, 5.74) is 7.52. The smallest absolute Gasteiger partial charge is 0.405 e. The van der Waals surface area contributed by atoms with E-state index in [1.807, 2.05) is 12.1 Å². The van der Waals surface area contributed by atoms with Gasteiger partial charge in [0.05, 0.1) is 0 Å². The van der Waals surface area contributed by atoms with Crippen molar-refractivity contribution >= 4 is 16.5 Å². The Morgan fingerprint density at radius 3 is 2.14 bits per heavy atom. The van der Waals surface area contributed by atoms with Crippen molar-refractivity contribution in [3.63, 3.8) is 0 Å². The zero-order chi connectivity index (χ0) is 15.7. The monoisotopic (exact) mass is 303 g/mol. The van der Waals surface area contributed by atoms with Crippen molar-refractivity contribution in [2.45, 2.75) is 6.36 Å². The molecule has 2 N–H and O–H groups in total. The maximum absolute atomic E-state index is 12.6. The SMILES string of the molecule is Nc1cccc2c(-c3ccccc3OC(F)(F)F)cccc12. The highest BCUT2D eigenvalue weighted by atomic mass is 19.4. The molecule has 0 atom stereocenters. The van der Waals surface area contributed by atoms with Gasteiger partial charge in [-0.2, -0.15) is 0 Å². The zero-order valence-electron chi connectivity index (χ0n) is 11.4. The molecule has 0 aliphatic carbocycles. The van der Waals surface area contributed by atoms with Crippen LogP contribution in [-0.4, -0.2) is 6.36 Å². The van der Waals surface area contributed by atoms with Crippen molar-refractivity contribution in [3.8, 4) is 16.9 Å². The number of fused-ring (bicyclic) bond motifs is 1. The molecule has 0 aliphatic rings. The van der Waals surface area contributed by atoms with Crippen molar-refractivity contribution in [1.82, 2.24) is 0 Å². The maximum atomic E-state index is 12.6. The summed E-state index contributed by atoms with van der Waals surface area (Å²) in [5, 5.41) is 1.57. The van der Waals surface area contributed by atoms with Crippen molar-refractivity contribution in [1.29, 1.82) is 0 Å². The van der Waals surface area contributed by atoms with Crippen molar-refractivity contribution < 1.29 is 17.9 Å². The summed E-state index contributed by atoms with van der Waals surface area (Å²) >= 11 is 0. The fourth-order valence-corrected chi connectivity index (χ4v) is 2.47. The van der Waals surface area contributed by atoms with Gasteiger partial charge >= 0.3 is 6.36 Å². The summed E-state index contributed by atoms with van der Waals surface area (Å²) < 4.78 is 41.9. The first-order chi connectivity index (χ1) is 10.5. The summed E-state index contributed by atoms with van der Waals surface area (Å²) in [5.74, 6) is -0.232. The highest BCUT2D eigenvalue weighted by Gasteiger charge is 2.32. The van der Waals surface area contributed by atoms with Crippen LogP contribution in [0.2, 0.25) is 0 Å². The largest absolute Gasteiger partial charge is 0.573 e. The molecule has 0 aliphatic heterocycles. The average molecular weight is 303 g/mol. The number of hydrogen-bond acceptors (Lipinski definition) is 2. The molecule has 0 saturated heterocycles. The first kappa shape index (κ1) is 14.3. The number of para-hydroxylation sites is 1. The minimum Gasteiger partial charge on any atom is -0.405 e.